The van der Waals surface area contributed by atoms with Crippen LogP contribution in [0.15, 0.2) is 24.3 Å². The molecule has 0 aromatic heterocycles. The molecular formula is C12H13NO3. The number of rotatable bonds is 3. The Morgan fingerprint density at radius 2 is 2.12 bits per heavy atom. The van der Waals surface area contributed by atoms with Gasteiger partial charge in [-0.15, -0.1) is 0 Å². The first-order chi connectivity index (χ1) is 7.61. The van der Waals surface area contributed by atoms with Gasteiger partial charge in [0.25, 0.3) is 0 Å². The van der Waals surface area contributed by atoms with Gasteiger partial charge >= 0.3 is 5.97 Å². The van der Waals surface area contributed by atoms with Crippen molar-refractivity contribution in [2.75, 3.05) is 11.9 Å². The summed E-state index contributed by atoms with van der Waals surface area (Å²) in [5.41, 5.74) is 1.83. The molecule has 0 radical (unpaired) electrons. The molecule has 1 aromatic rings. The molecule has 1 aliphatic rings. The van der Waals surface area contributed by atoms with E-state index < -0.39 is 5.97 Å². The van der Waals surface area contributed by atoms with Crippen molar-refractivity contribution >= 4 is 17.6 Å². The van der Waals surface area contributed by atoms with E-state index in [4.69, 9.17) is 5.11 Å². The molecule has 1 atom stereocenters. The second-order valence-electron chi connectivity index (χ2n) is 3.94. The van der Waals surface area contributed by atoms with Gasteiger partial charge in [-0.1, -0.05) is 18.2 Å². The Kier molecular flexibility index (Phi) is 2.64. The minimum absolute atomic E-state index is 0.0116. The molecule has 1 aromatic carbocycles. The van der Waals surface area contributed by atoms with Gasteiger partial charge in [-0.05, 0) is 18.1 Å². The Labute approximate surface area is 93.5 Å². The summed E-state index contributed by atoms with van der Waals surface area (Å²) in [4.78, 5) is 24.0. The zero-order chi connectivity index (χ0) is 11.7. The van der Waals surface area contributed by atoms with E-state index in [0.29, 0.717) is 6.42 Å². The van der Waals surface area contributed by atoms with Gasteiger partial charge in [-0.25, -0.2) is 0 Å². The lowest BCUT2D eigenvalue weighted by molar-refractivity contribution is -0.137. The molecule has 0 bridgehead atoms. The van der Waals surface area contributed by atoms with Crippen molar-refractivity contribution in [1.29, 1.82) is 0 Å². The highest BCUT2D eigenvalue weighted by Crippen LogP contribution is 2.38. The van der Waals surface area contributed by atoms with E-state index in [2.05, 4.69) is 0 Å². The number of anilines is 1. The summed E-state index contributed by atoms with van der Waals surface area (Å²) in [6, 6.07) is 7.53. The number of amides is 1. The van der Waals surface area contributed by atoms with Gasteiger partial charge in [-0.2, -0.15) is 0 Å². The highest BCUT2D eigenvalue weighted by Gasteiger charge is 2.34. The van der Waals surface area contributed by atoms with Crippen LogP contribution in [0.1, 0.15) is 24.3 Å². The number of benzene rings is 1. The normalized spacial score (nSPS) is 18.7. The van der Waals surface area contributed by atoms with Gasteiger partial charge in [-0.3, -0.25) is 9.59 Å². The molecule has 1 heterocycles. The molecule has 1 aliphatic heterocycles. The smallest absolute Gasteiger partial charge is 0.303 e. The number of likely N-dealkylation sites (N-methyl/N-ethyl adjacent to an activating group) is 1. The first kappa shape index (κ1) is 10.7. The van der Waals surface area contributed by atoms with Crippen LogP contribution >= 0.6 is 0 Å². The second kappa shape index (κ2) is 3.96. The van der Waals surface area contributed by atoms with E-state index in [1.807, 2.05) is 24.3 Å². The van der Waals surface area contributed by atoms with E-state index in [1.165, 1.54) is 0 Å². The molecule has 0 fully saturated rings. The SMILES string of the molecule is CN1C(=O)C(CCC(=O)O)c2ccccc21. The number of carbonyl (C=O) groups excluding carboxylic acids is 1. The molecule has 16 heavy (non-hydrogen) atoms. The summed E-state index contributed by atoms with van der Waals surface area (Å²) >= 11 is 0. The van der Waals surface area contributed by atoms with E-state index in [1.54, 1.807) is 11.9 Å². The Morgan fingerprint density at radius 1 is 1.44 bits per heavy atom. The van der Waals surface area contributed by atoms with Crippen molar-refractivity contribution < 1.29 is 14.7 Å². The number of carbonyl (C=O) groups is 2. The molecule has 1 amide bonds. The van der Waals surface area contributed by atoms with Crippen LogP contribution in [0, 0.1) is 0 Å². The Morgan fingerprint density at radius 3 is 2.81 bits per heavy atom. The van der Waals surface area contributed by atoms with Gasteiger partial charge in [0.05, 0.1) is 5.92 Å². The van der Waals surface area contributed by atoms with Crippen molar-refractivity contribution in [2.24, 2.45) is 0 Å². The Balaban J connectivity index is 2.27. The molecule has 0 saturated heterocycles. The summed E-state index contributed by atoms with van der Waals surface area (Å²) in [6.45, 7) is 0. The Bertz CT molecular complexity index is 442. The largest absolute Gasteiger partial charge is 0.481 e. The van der Waals surface area contributed by atoms with Crippen molar-refractivity contribution in [3.63, 3.8) is 0 Å². The van der Waals surface area contributed by atoms with E-state index in [-0.39, 0.29) is 18.2 Å². The van der Waals surface area contributed by atoms with Crippen LogP contribution in [-0.4, -0.2) is 24.0 Å². The molecule has 2 rings (SSSR count). The van der Waals surface area contributed by atoms with Crippen molar-refractivity contribution in [1.82, 2.24) is 0 Å². The lowest BCUT2D eigenvalue weighted by Gasteiger charge is -2.10. The predicted molar refractivity (Wildman–Crippen MR) is 59.5 cm³/mol. The number of aliphatic carboxylic acids is 1. The van der Waals surface area contributed by atoms with Gasteiger partial charge in [0.2, 0.25) is 5.91 Å². The third-order valence-electron chi connectivity index (χ3n) is 2.95. The minimum atomic E-state index is -0.861. The minimum Gasteiger partial charge on any atom is -0.481 e. The van der Waals surface area contributed by atoms with Gasteiger partial charge in [0.1, 0.15) is 0 Å². The number of nitrogens with zero attached hydrogens (tertiary/aromatic N) is 1. The number of carboxylic acids is 1. The number of fused-ring (bicyclic) bond motifs is 1. The van der Waals surface area contributed by atoms with Crippen LogP contribution in [-0.2, 0) is 9.59 Å². The zero-order valence-electron chi connectivity index (χ0n) is 9.01. The van der Waals surface area contributed by atoms with Crippen molar-refractivity contribution in [3.05, 3.63) is 29.8 Å². The summed E-state index contributed by atoms with van der Waals surface area (Å²) in [5.74, 6) is -1.17. The van der Waals surface area contributed by atoms with Gasteiger partial charge in [0, 0.05) is 19.2 Å². The molecule has 1 unspecified atom stereocenters. The average Bonchev–Trinajstić information content (AvgIpc) is 2.50. The summed E-state index contributed by atoms with van der Waals surface area (Å²) in [7, 11) is 1.72. The molecule has 84 valence electrons. The molecule has 0 aliphatic carbocycles. The van der Waals surface area contributed by atoms with E-state index >= 15 is 0 Å². The van der Waals surface area contributed by atoms with E-state index in [0.717, 1.165) is 11.3 Å². The molecule has 4 nitrogen and oxygen atoms in total. The summed E-state index contributed by atoms with van der Waals surface area (Å²) < 4.78 is 0. The number of para-hydroxylation sites is 1. The van der Waals surface area contributed by atoms with Crippen molar-refractivity contribution in [2.45, 2.75) is 18.8 Å². The van der Waals surface area contributed by atoms with Crippen LogP contribution in [0.4, 0.5) is 5.69 Å². The first-order valence-electron chi connectivity index (χ1n) is 5.19. The monoisotopic (exact) mass is 219 g/mol. The maximum Gasteiger partial charge on any atom is 0.303 e. The summed E-state index contributed by atoms with van der Waals surface area (Å²) in [5, 5.41) is 8.65. The summed E-state index contributed by atoms with van der Waals surface area (Å²) in [6.07, 6.45) is 0.397. The van der Waals surface area contributed by atoms with E-state index in [9.17, 15) is 9.59 Å². The lowest BCUT2D eigenvalue weighted by Crippen LogP contribution is -2.24. The topological polar surface area (TPSA) is 57.6 Å². The molecule has 4 heteroatoms. The first-order valence-corrected chi connectivity index (χ1v) is 5.19. The fraction of sp³-hybridized carbons (Fsp3) is 0.333. The highest BCUT2D eigenvalue weighted by molar-refractivity contribution is 6.04. The maximum absolute atomic E-state index is 11.9. The standard InChI is InChI=1S/C12H13NO3/c1-13-10-5-3-2-4-8(10)9(12(13)16)6-7-11(14)15/h2-5,9H,6-7H2,1H3,(H,14,15). The number of carboxylic acid groups (broad SMARTS) is 1. The van der Waals surface area contributed by atoms with Crippen molar-refractivity contribution in [3.8, 4) is 0 Å². The van der Waals surface area contributed by atoms with Crippen LogP contribution in [0.2, 0.25) is 0 Å². The average molecular weight is 219 g/mol. The van der Waals surface area contributed by atoms with Crippen LogP contribution in [0.5, 0.6) is 0 Å². The fourth-order valence-corrected chi connectivity index (χ4v) is 2.12. The second-order valence-corrected chi connectivity index (χ2v) is 3.94. The maximum atomic E-state index is 11.9. The molecular weight excluding hydrogens is 206 g/mol. The Hall–Kier alpha value is -1.84. The van der Waals surface area contributed by atoms with Crippen LogP contribution < -0.4 is 4.90 Å². The molecule has 1 N–H and O–H groups in total. The van der Waals surface area contributed by atoms with Crippen LogP contribution in [0.25, 0.3) is 0 Å². The van der Waals surface area contributed by atoms with Gasteiger partial charge < -0.3 is 10.0 Å². The highest BCUT2D eigenvalue weighted by atomic mass is 16.4. The molecule has 0 spiro atoms. The molecule has 0 saturated carbocycles. The predicted octanol–water partition coefficient (Wildman–Crippen LogP) is 1.61. The number of hydrogen-bond acceptors (Lipinski definition) is 2. The fourth-order valence-electron chi connectivity index (χ4n) is 2.12. The third-order valence-corrected chi connectivity index (χ3v) is 2.95. The third kappa shape index (κ3) is 1.66. The quantitative estimate of drug-likeness (QED) is 0.840. The van der Waals surface area contributed by atoms with Crippen LogP contribution in [0.3, 0.4) is 0 Å². The lowest BCUT2D eigenvalue weighted by atomic mass is 9.96. The van der Waals surface area contributed by atoms with Gasteiger partial charge in [0.15, 0.2) is 0 Å². The zero-order valence-corrected chi connectivity index (χ0v) is 9.01. The number of hydrogen-bond donors (Lipinski definition) is 1.